The number of anilines is 1. The molecule has 2 nitrogen and oxygen atoms in total. The topological polar surface area (TPSA) is 27.0 Å². The average Bonchev–Trinajstić information content (AvgIpc) is 2.96. The second kappa shape index (κ2) is 8.79. The van der Waals surface area contributed by atoms with Gasteiger partial charge in [0, 0.05) is 18.7 Å². The van der Waals surface area contributed by atoms with Crippen LogP contribution in [0.15, 0.2) is 84.9 Å². The van der Waals surface area contributed by atoms with Crippen molar-refractivity contribution in [2.75, 3.05) is 18.0 Å². The summed E-state index contributed by atoms with van der Waals surface area (Å²) >= 11 is 0. The predicted octanol–water partition coefficient (Wildman–Crippen LogP) is 8.53. The van der Waals surface area contributed by atoms with E-state index >= 15 is 0 Å². The molecule has 0 amide bonds. The molecule has 2 heteroatoms. The third-order valence-electron chi connectivity index (χ3n) is 8.64. The zero-order valence-corrected chi connectivity index (χ0v) is 21.3. The van der Waals surface area contributed by atoms with Crippen molar-refractivity contribution in [2.45, 2.75) is 32.6 Å². The lowest BCUT2D eigenvalue weighted by molar-refractivity contribution is 0.438. The van der Waals surface area contributed by atoms with Crippen molar-refractivity contribution in [2.24, 2.45) is 5.92 Å². The Morgan fingerprint density at radius 2 is 1.51 bits per heavy atom. The summed E-state index contributed by atoms with van der Waals surface area (Å²) in [6.45, 7) is 4.37. The number of fused-ring (bicyclic) bond motifs is 6. The van der Waals surface area contributed by atoms with Gasteiger partial charge in [-0.25, -0.2) is 0 Å². The van der Waals surface area contributed by atoms with Gasteiger partial charge < -0.3 is 4.90 Å². The number of aryl methyl sites for hydroxylation is 1. The molecule has 1 aliphatic carbocycles. The van der Waals surface area contributed by atoms with E-state index in [0.29, 0.717) is 0 Å². The van der Waals surface area contributed by atoms with Gasteiger partial charge in [0.15, 0.2) is 0 Å². The lowest BCUT2D eigenvalue weighted by Gasteiger charge is -2.35. The number of hydrogen-bond donors (Lipinski definition) is 0. The fourth-order valence-electron chi connectivity index (χ4n) is 6.56. The molecule has 0 radical (unpaired) electrons. The zero-order valence-electron chi connectivity index (χ0n) is 21.3. The Labute approximate surface area is 218 Å². The molecular weight excluding hydrogens is 448 g/mol. The summed E-state index contributed by atoms with van der Waals surface area (Å²) in [5.41, 5.74) is 9.57. The Hall–Kier alpha value is -4.09. The van der Waals surface area contributed by atoms with Gasteiger partial charge in [0.25, 0.3) is 0 Å². The van der Waals surface area contributed by atoms with Crippen LogP contribution >= 0.6 is 0 Å². The van der Waals surface area contributed by atoms with Crippen LogP contribution < -0.4 is 4.90 Å². The largest absolute Gasteiger partial charge is 0.370 e. The third-order valence-corrected chi connectivity index (χ3v) is 8.64. The molecule has 0 atom stereocenters. The minimum Gasteiger partial charge on any atom is -0.370 e. The van der Waals surface area contributed by atoms with Gasteiger partial charge >= 0.3 is 0 Å². The van der Waals surface area contributed by atoms with Crippen LogP contribution in [-0.2, 0) is 12.8 Å². The van der Waals surface area contributed by atoms with Crippen molar-refractivity contribution in [3.8, 4) is 28.3 Å². The van der Waals surface area contributed by atoms with E-state index in [1.54, 1.807) is 0 Å². The Balaban J connectivity index is 1.48. The molecule has 5 aromatic rings. The van der Waals surface area contributed by atoms with Crippen LogP contribution in [0.4, 0.5) is 5.69 Å². The van der Waals surface area contributed by atoms with Crippen LogP contribution in [0.3, 0.4) is 0 Å². The molecule has 1 aliphatic heterocycles. The molecule has 7 rings (SSSR count). The fraction of sp³-hybridized carbons (Fsp3) is 0.229. The van der Waals surface area contributed by atoms with Gasteiger partial charge in [-0.2, -0.15) is 5.26 Å². The highest BCUT2D eigenvalue weighted by Gasteiger charge is 2.28. The lowest BCUT2D eigenvalue weighted by atomic mass is 9.78. The second-order valence-electron chi connectivity index (χ2n) is 10.8. The lowest BCUT2D eigenvalue weighted by Crippen LogP contribution is -2.33. The summed E-state index contributed by atoms with van der Waals surface area (Å²) in [7, 11) is 0. The Bertz CT molecular complexity index is 1710. The maximum Gasteiger partial charge on any atom is 0.102 e. The Morgan fingerprint density at radius 1 is 0.757 bits per heavy atom. The van der Waals surface area contributed by atoms with E-state index in [0.717, 1.165) is 48.7 Å². The summed E-state index contributed by atoms with van der Waals surface area (Å²) in [6.07, 6.45) is 4.33. The first-order valence-corrected chi connectivity index (χ1v) is 13.6. The van der Waals surface area contributed by atoms with E-state index < -0.39 is 0 Å². The standard InChI is InChI=1S/C35H30N2/c1-23-16-18-37(19-17-23)34-21-32(31-15-12-25-7-3-5-9-30(25)35(31)33(34)22-36)27-13-14-29-26(20-27)11-10-24-6-2-4-8-28(24)29/h2-11,13-14,20-21,23H,12,15-19H2,1H3. The maximum atomic E-state index is 10.5. The SMILES string of the molecule is CC1CCN(c2cc(-c3ccc4c(ccc5ccccc54)c3)c3c(c2C#N)-c2ccccc2CC3)CC1. The minimum atomic E-state index is 0.745. The summed E-state index contributed by atoms with van der Waals surface area (Å²) in [6, 6.07) is 33.7. The zero-order chi connectivity index (χ0) is 24.9. The third kappa shape index (κ3) is 3.61. The molecule has 5 aromatic carbocycles. The summed E-state index contributed by atoms with van der Waals surface area (Å²) in [5.74, 6) is 0.745. The van der Waals surface area contributed by atoms with E-state index in [2.05, 4.69) is 103 Å². The fourth-order valence-corrected chi connectivity index (χ4v) is 6.56. The van der Waals surface area contributed by atoms with Crippen LogP contribution in [0.2, 0.25) is 0 Å². The van der Waals surface area contributed by atoms with E-state index in [9.17, 15) is 5.26 Å². The van der Waals surface area contributed by atoms with Gasteiger partial charge in [0.2, 0.25) is 0 Å². The molecular formula is C35H30N2. The van der Waals surface area contributed by atoms with Crippen LogP contribution in [0.5, 0.6) is 0 Å². The van der Waals surface area contributed by atoms with E-state index in [4.69, 9.17) is 0 Å². The molecule has 2 aliphatic rings. The van der Waals surface area contributed by atoms with Gasteiger partial charge in [-0.3, -0.25) is 0 Å². The molecule has 0 unspecified atom stereocenters. The second-order valence-corrected chi connectivity index (χ2v) is 10.8. The number of piperidine rings is 1. The summed E-state index contributed by atoms with van der Waals surface area (Å²) in [5, 5.41) is 15.6. The predicted molar refractivity (Wildman–Crippen MR) is 155 cm³/mol. The molecule has 0 saturated carbocycles. The first-order valence-electron chi connectivity index (χ1n) is 13.6. The van der Waals surface area contributed by atoms with Crippen molar-refractivity contribution < 1.29 is 0 Å². The van der Waals surface area contributed by atoms with Gasteiger partial charge in [-0.05, 0) is 93.1 Å². The molecule has 180 valence electrons. The van der Waals surface area contributed by atoms with Crippen molar-refractivity contribution in [1.82, 2.24) is 0 Å². The van der Waals surface area contributed by atoms with Crippen molar-refractivity contribution in [3.05, 3.63) is 102 Å². The van der Waals surface area contributed by atoms with Crippen LogP contribution in [-0.4, -0.2) is 13.1 Å². The van der Waals surface area contributed by atoms with E-state index in [1.807, 2.05) is 0 Å². The van der Waals surface area contributed by atoms with Gasteiger partial charge in [0.1, 0.15) is 6.07 Å². The molecule has 1 fully saturated rings. The van der Waals surface area contributed by atoms with Crippen LogP contribution in [0.1, 0.15) is 36.5 Å². The molecule has 0 spiro atoms. The maximum absolute atomic E-state index is 10.5. The molecule has 1 heterocycles. The van der Waals surface area contributed by atoms with Crippen LogP contribution in [0, 0.1) is 17.2 Å². The van der Waals surface area contributed by atoms with Crippen molar-refractivity contribution in [1.29, 1.82) is 5.26 Å². The minimum absolute atomic E-state index is 0.745. The number of benzene rings is 5. The van der Waals surface area contributed by atoms with E-state index in [-0.39, 0.29) is 0 Å². The Kier molecular flexibility index (Phi) is 5.26. The average molecular weight is 479 g/mol. The highest BCUT2D eigenvalue weighted by molar-refractivity contribution is 6.08. The smallest absolute Gasteiger partial charge is 0.102 e. The quantitative estimate of drug-likeness (QED) is 0.238. The van der Waals surface area contributed by atoms with Crippen LogP contribution in [0.25, 0.3) is 43.8 Å². The number of rotatable bonds is 2. The van der Waals surface area contributed by atoms with Gasteiger partial charge in [-0.1, -0.05) is 79.7 Å². The highest BCUT2D eigenvalue weighted by atomic mass is 15.1. The van der Waals surface area contributed by atoms with Crippen molar-refractivity contribution in [3.63, 3.8) is 0 Å². The first-order chi connectivity index (χ1) is 18.2. The number of nitriles is 1. The van der Waals surface area contributed by atoms with Gasteiger partial charge in [0.05, 0.1) is 11.3 Å². The highest BCUT2D eigenvalue weighted by Crippen LogP contribution is 2.46. The van der Waals surface area contributed by atoms with Crippen molar-refractivity contribution >= 4 is 27.2 Å². The number of hydrogen-bond acceptors (Lipinski definition) is 2. The molecule has 37 heavy (non-hydrogen) atoms. The molecule has 0 aromatic heterocycles. The number of nitrogens with zero attached hydrogens (tertiary/aromatic N) is 2. The molecule has 0 N–H and O–H groups in total. The summed E-state index contributed by atoms with van der Waals surface area (Å²) in [4.78, 5) is 2.47. The Morgan fingerprint density at radius 3 is 2.38 bits per heavy atom. The summed E-state index contributed by atoms with van der Waals surface area (Å²) < 4.78 is 0. The van der Waals surface area contributed by atoms with E-state index in [1.165, 1.54) is 62.2 Å². The van der Waals surface area contributed by atoms with Gasteiger partial charge in [-0.15, -0.1) is 0 Å². The molecule has 1 saturated heterocycles. The normalized spacial score (nSPS) is 15.4. The molecule has 0 bridgehead atoms. The monoisotopic (exact) mass is 478 g/mol. The first kappa shape index (κ1) is 22.1.